The Labute approximate surface area is 163 Å². The molecule has 0 aromatic carbocycles. The first kappa shape index (κ1) is 16.9. The molecule has 4 aromatic heterocycles. The Kier molecular flexibility index (Phi) is 4.25. The van der Waals surface area contributed by atoms with E-state index >= 15 is 0 Å². The predicted octanol–water partition coefficient (Wildman–Crippen LogP) is 1.85. The standard InChI is InChI=1S/C20H22N8/c1-25-15-17(12-24-25)18-13-23-20-19(22-6-7-28(18)20)27-10-8-26(9-11-27)14-16-2-4-21-5-3-16/h2-7,12-13,15H,8-11,14H2,1H3. The Bertz CT molecular complexity index is 1080. The number of rotatable bonds is 4. The highest BCUT2D eigenvalue weighted by Crippen LogP contribution is 2.25. The van der Waals surface area contributed by atoms with Gasteiger partial charge in [0.2, 0.25) is 0 Å². The van der Waals surface area contributed by atoms with Gasteiger partial charge in [0.1, 0.15) is 0 Å². The lowest BCUT2D eigenvalue weighted by atomic mass is 10.2. The zero-order chi connectivity index (χ0) is 18.9. The van der Waals surface area contributed by atoms with Gasteiger partial charge in [-0.2, -0.15) is 5.10 Å². The average molecular weight is 374 g/mol. The Morgan fingerprint density at radius 3 is 2.54 bits per heavy atom. The fraction of sp³-hybridized carbons (Fsp3) is 0.300. The van der Waals surface area contributed by atoms with Crippen LogP contribution in [-0.4, -0.2) is 60.2 Å². The minimum atomic E-state index is 0.893. The quantitative estimate of drug-likeness (QED) is 0.543. The Morgan fingerprint density at radius 2 is 1.79 bits per heavy atom. The number of pyridine rings is 1. The highest BCUT2D eigenvalue weighted by Gasteiger charge is 2.21. The van der Waals surface area contributed by atoms with E-state index in [1.165, 1.54) is 5.56 Å². The molecule has 5 heterocycles. The summed E-state index contributed by atoms with van der Waals surface area (Å²) >= 11 is 0. The molecule has 0 bridgehead atoms. The van der Waals surface area contributed by atoms with Crippen LogP contribution in [0.25, 0.3) is 16.9 Å². The van der Waals surface area contributed by atoms with Crippen molar-refractivity contribution >= 4 is 11.5 Å². The van der Waals surface area contributed by atoms with Crippen molar-refractivity contribution in [3.8, 4) is 11.3 Å². The van der Waals surface area contributed by atoms with Gasteiger partial charge in [0, 0.05) is 76.3 Å². The molecular formula is C20H22N8. The fourth-order valence-electron chi connectivity index (χ4n) is 3.76. The van der Waals surface area contributed by atoms with Crippen molar-refractivity contribution in [2.75, 3.05) is 31.1 Å². The first-order chi connectivity index (χ1) is 13.8. The predicted molar refractivity (Wildman–Crippen MR) is 107 cm³/mol. The summed E-state index contributed by atoms with van der Waals surface area (Å²) in [6, 6.07) is 4.17. The maximum Gasteiger partial charge on any atom is 0.180 e. The minimum Gasteiger partial charge on any atom is -0.351 e. The van der Waals surface area contributed by atoms with Crippen molar-refractivity contribution in [2.45, 2.75) is 6.54 Å². The van der Waals surface area contributed by atoms with Gasteiger partial charge in [0.15, 0.2) is 11.5 Å². The molecule has 1 aliphatic heterocycles. The summed E-state index contributed by atoms with van der Waals surface area (Å²) in [7, 11) is 1.92. The number of aromatic nitrogens is 6. The molecule has 1 aliphatic rings. The molecule has 0 spiro atoms. The van der Waals surface area contributed by atoms with Gasteiger partial charge in [-0.25, -0.2) is 9.97 Å². The lowest BCUT2D eigenvalue weighted by molar-refractivity contribution is 0.249. The first-order valence-corrected chi connectivity index (χ1v) is 9.45. The molecule has 0 saturated carbocycles. The van der Waals surface area contributed by atoms with Crippen molar-refractivity contribution in [1.82, 2.24) is 34.0 Å². The largest absolute Gasteiger partial charge is 0.351 e. The smallest absolute Gasteiger partial charge is 0.180 e. The third kappa shape index (κ3) is 3.11. The molecule has 0 amide bonds. The van der Waals surface area contributed by atoms with Crippen molar-refractivity contribution in [2.24, 2.45) is 7.05 Å². The minimum absolute atomic E-state index is 0.893. The van der Waals surface area contributed by atoms with Crippen LogP contribution in [0.4, 0.5) is 5.82 Å². The third-order valence-electron chi connectivity index (χ3n) is 5.24. The zero-order valence-corrected chi connectivity index (χ0v) is 15.8. The normalized spacial score (nSPS) is 15.4. The second-order valence-corrected chi connectivity index (χ2v) is 7.11. The molecule has 0 unspecified atom stereocenters. The second-order valence-electron chi connectivity index (χ2n) is 7.11. The van der Waals surface area contributed by atoms with Gasteiger partial charge in [0.25, 0.3) is 0 Å². The summed E-state index contributed by atoms with van der Waals surface area (Å²) in [6.07, 6.45) is 13.3. The number of fused-ring (bicyclic) bond motifs is 1. The van der Waals surface area contributed by atoms with Crippen LogP contribution in [0.5, 0.6) is 0 Å². The molecule has 1 fully saturated rings. The van der Waals surface area contributed by atoms with E-state index in [2.05, 4.69) is 46.4 Å². The molecule has 28 heavy (non-hydrogen) atoms. The molecule has 142 valence electrons. The number of imidazole rings is 1. The fourth-order valence-corrected chi connectivity index (χ4v) is 3.76. The molecule has 4 aromatic rings. The number of aryl methyl sites for hydroxylation is 1. The van der Waals surface area contributed by atoms with E-state index in [0.717, 1.165) is 55.4 Å². The van der Waals surface area contributed by atoms with Gasteiger partial charge in [0.05, 0.1) is 18.1 Å². The summed E-state index contributed by atoms with van der Waals surface area (Å²) in [6.45, 7) is 4.84. The Morgan fingerprint density at radius 1 is 0.964 bits per heavy atom. The van der Waals surface area contributed by atoms with Crippen molar-refractivity contribution in [3.05, 3.63) is 61.1 Å². The van der Waals surface area contributed by atoms with Crippen molar-refractivity contribution in [1.29, 1.82) is 0 Å². The third-order valence-corrected chi connectivity index (χ3v) is 5.24. The number of nitrogens with zero attached hydrogens (tertiary/aromatic N) is 8. The summed E-state index contributed by atoms with van der Waals surface area (Å²) < 4.78 is 3.90. The van der Waals surface area contributed by atoms with Crippen LogP contribution < -0.4 is 4.90 Å². The maximum atomic E-state index is 4.67. The monoisotopic (exact) mass is 374 g/mol. The molecule has 8 nitrogen and oxygen atoms in total. The number of hydrogen-bond donors (Lipinski definition) is 0. The van der Waals surface area contributed by atoms with Crippen LogP contribution in [0.1, 0.15) is 5.56 Å². The van der Waals surface area contributed by atoms with E-state index in [1.54, 1.807) is 4.68 Å². The lowest BCUT2D eigenvalue weighted by Crippen LogP contribution is -2.46. The summed E-state index contributed by atoms with van der Waals surface area (Å²) in [5.41, 5.74) is 4.28. The maximum absolute atomic E-state index is 4.67. The SMILES string of the molecule is Cn1cc(-c2cnc3c(N4CCN(Cc5ccncc5)CC4)nccn23)cn1. The molecule has 8 heteroatoms. The summed E-state index contributed by atoms with van der Waals surface area (Å²) in [5.74, 6) is 0.946. The molecule has 0 N–H and O–H groups in total. The first-order valence-electron chi connectivity index (χ1n) is 9.45. The average Bonchev–Trinajstić information content (AvgIpc) is 3.35. The second kappa shape index (κ2) is 7.05. The van der Waals surface area contributed by atoms with Gasteiger partial charge < -0.3 is 4.90 Å². The van der Waals surface area contributed by atoms with E-state index < -0.39 is 0 Å². The van der Waals surface area contributed by atoms with E-state index in [1.807, 2.05) is 50.4 Å². The van der Waals surface area contributed by atoms with Crippen LogP contribution in [0.3, 0.4) is 0 Å². The highest BCUT2D eigenvalue weighted by molar-refractivity contribution is 5.70. The van der Waals surface area contributed by atoms with Gasteiger partial charge >= 0.3 is 0 Å². The molecular weight excluding hydrogens is 352 g/mol. The molecule has 5 rings (SSSR count). The van der Waals surface area contributed by atoms with Crippen LogP contribution in [-0.2, 0) is 13.6 Å². The van der Waals surface area contributed by atoms with Crippen molar-refractivity contribution < 1.29 is 0 Å². The van der Waals surface area contributed by atoms with Crippen LogP contribution in [0.2, 0.25) is 0 Å². The van der Waals surface area contributed by atoms with Gasteiger partial charge in [-0.05, 0) is 17.7 Å². The molecule has 1 saturated heterocycles. The van der Waals surface area contributed by atoms with Crippen molar-refractivity contribution in [3.63, 3.8) is 0 Å². The van der Waals surface area contributed by atoms with E-state index in [-0.39, 0.29) is 0 Å². The zero-order valence-electron chi connectivity index (χ0n) is 15.8. The van der Waals surface area contributed by atoms with Gasteiger partial charge in [-0.15, -0.1) is 0 Å². The van der Waals surface area contributed by atoms with Crippen LogP contribution in [0.15, 0.2) is 55.5 Å². The Hall–Kier alpha value is -3.26. The summed E-state index contributed by atoms with van der Waals surface area (Å²) in [5, 5.41) is 4.27. The topological polar surface area (TPSA) is 67.4 Å². The number of anilines is 1. The number of piperazine rings is 1. The van der Waals surface area contributed by atoms with E-state index in [4.69, 9.17) is 0 Å². The van der Waals surface area contributed by atoms with Gasteiger partial charge in [-0.3, -0.25) is 19.0 Å². The number of hydrogen-bond acceptors (Lipinski definition) is 6. The van der Waals surface area contributed by atoms with Crippen LogP contribution >= 0.6 is 0 Å². The Balaban J connectivity index is 1.35. The van der Waals surface area contributed by atoms with E-state index in [0.29, 0.717) is 0 Å². The lowest BCUT2D eigenvalue weighted by Gasteiger charge is -2.35. The highest BCUT2D eigenvalue weighted by atomic mass is 15.3. The molecule has 0 aliphatic carbocycles. The van der Waals surface area contributed by atoms with E-state index in [9.17, 15) is 0 Å². The molecule has 0 atom stereocenters. The van der Waals surface area contributed by atoms with Crippen LogP contribution in [0, 0.1) is 0 Å². The van der Waals surface area contributed by atoms with Gasteiger partial charge in [-0.1, -0.05) is 0 Å². The molecule has 0 radical (unpaired) electrons. The summed E-state index contributed by atoms with van der Waals surface area (Å²) in [4.78, 5) is 18.2.